The summed E-state index contributed by atoms with van der Waals surface area (Å²) in [6, 6.07) is 5.92. The molecular weight excluding hydrogens is 280 g/mol. The topological polar surface area (TPSA) is 38.1 Å². The molecule has 0 amide bonds. The Morgan fingerprint density at radius 2 is 2.16 bits per heavy atom. The van der Waals surface area contributed by atoms with Crippen molar-refractivity contribution in [1.82, 2.24) is 10.3 Å². The van der Waals surface area contributed by atoms with Crippen LogP contribution in [0.1, 0.15) is 23.9 Å². The molecule has 19 heavy (non-hydrogen) atoms. The molecule has 1 aromatic carbocycles. The Hall–Kier alpha value is -0.970. The van der Waals surface area contributed by atoms with Gasteiger partial charge in [0.25, 0.3) is 5.22 Å². The quantitative estimate of drug-likeness (QED) is 0.897. The van der Waals surface area contributed by atoms with Crippen molar-refractivity contribution in [2.24, 2.45) is 0 Å². The molecule has 2 rings (SSSR count). The lowest BCUT2D eigenvalue weighted by Crippen LogP contribution is -2.12. The second-order valence-electron chi connectivity index (χ2n) is 4.23. The Bertz CT molecular complexity index is 549. The summed E-state index contributed by atoms with van der Waals surface area (Å²) < 4.78 is 5.61. The maximum atomic E-state index is 6.29. The van der Waals surface area contributed by atoms with Crippen LogP contribution in [0.2, 0.25) is 5.02 Å². The first-order valence-corrected chi connectivity index (χ1v) is 7.41. The van der Waals surface area contributed by atoms with E-state index < -0.39 is 0 Å². The van der Waals surface area contributed by atoms with E-state index in [9.17, 15) is 0 Å². The minimum absolute atomic E-state index is 0.640. The molecule has 2 aromatic rings. The van der Waals surface area contributed by atoms with E-state index in [-0.39, 0.29) is 0 Å². The number of aromatic nitrogens is 1. The minimum atomic E-state index is 0.640. The number of oxazole rings is 1. The van der Waals surface area contributed by atoms with Crippen molar-refractivity contribution < 1.29 is 4.42 Å². The summed E-state index contributed by atoms with van der Waals surface area (Å²) in [4.78, 5) is 5.39. The predicted molar refractivity (Wildman–Crippen MR) is 78.9 cm³/mol. The van der Waals surface area contributed by atoms with Gasteiger partial charge in [-0.2, -0.15) is 0 Å². The monoisotopic (exact) mass is 296 g/mol. The first-order chi connectivity index (χ1) is 9.11. The van der Waals surface area contributed by atoms with Crippen LogP contribution in [-0.2, 0) is 6.54 Å². The van der Waals surface area contributed by atoms with Crippen LogP contribution in [0.25, 0.3) is 0 Å². The molecule has 0 saturated heterocycles. The van der Waals surface area contributed by atoms with Crippen molar-refractivity contribution in [3.05, 3.63) is 40.2 Å². The van der Waals surface area contributed by atoms with Crippen LogP contribution >= 0.6 is 23.4 Å². The first-order valence-electron chi connectivity index (χ1n) is 6.21. The third kappa shape index (κ3) is 3.53. The van der Waals surface area contributed by atoms with Gasteiger partial charge in [0.15, 0.2) is 0 Å². The number of rotatable bonds is 5. The Morgan fingerprint density at radius 3 is 2.79 bits per heavy atom. The van der Waals surface area contributed by atoms with Crippen LogP contribution in [0.3, 0.4) is 0 Å². The molecule has 0 radical (unpaired) electrons. The Labute approximate surface area is 122 Å². The molecule has 0 bridgehead atoms. The van der Waals surface area contributed by atoms with E-state index in [1.165, 1.54) is 11.8 Å². The fraction of sp³-hybridized carbons (Fsp3) is 0.357. The molecule has 102 valence electrons. The lowest BCUT2D eigenvalue weighted by atomic mass is 10.2. The number of aryl methyl sites for hydroxylation is 2. The van der Waals surface area contributed by atoms with Crippen LogP contribution in [0, 0.1) is 13.8 Å². The molecule has 0 spiro atoms. The average molecular weight is 297 g/mol. The summed E-state index contributed by atoms with van der Waals surface area (Å²) in [7, 11) is 0. The molecule has 1 N–H and O–H groups in total. The number of nitrogens with zero attached hydrogens (tertiary/aromatic N) is 1. The molecule has 1 aromatic heterocycles. The summed E-state index contributed by atoms with van der Waals surface area (Å²) in [6.07, 6.45) is 0. The molecule has 0 aliphatic rings. The fourth-order valence-corrected chi connectivity index (χ4v) is 2.91. The van der Waals surface area contributed by atoms with Crippen molar-refractivity contribution in [2.45, 2.75) is 37.4 Å². The van der Waals surface area contributed by atoms with E-state index in [4.69, 9.17) is 16.0 Å². The van der Waals surface area contributed by atoms with Gasteiger partial charge in [-0.3, -0.25) is 0 Å². The predicted octanol–water partition coefficient (Wildman–Crippen LogP) is 4.21. The van der Waals surface area contributed by atoms with Gasteiger partial charge in [-0.25, -0.2) is 4.98 Å². The van der Waals surface area contributed by atoms with E-state index in [1.807, 2.05) is 26.0 Å². The zero-order valence-corrected chi connectivity index (χ0v) is 12.9. The van der Waals surface area contributed by atoms with Crippen LogP contribution in [0.4, 0.5) is 0 Å². The largest absolute Gasteiger partial charge is 0.436 e. The Balaban J connectivity index is 2.27. The molecule has 0 atom stereocenters. The van der Waals surface area contributed by atoms with Crippen LogP contribution in [0.15, 0.2) is 32.7 Å². The van der Waals surface area contributed by atoms with E-state index in [0.29, 0.717) is 5.22 Å². The minimum Gasteiger partial charge on any atom is -0.436 e. The van der Waals surface area contributed by atoms with Gasteiger partial charge >= 0.3 is 0 Å². The summed E-state index contributed by atoms with van der Waals surface area (Å²) in [5.74, 6) is 0.850. The third-order valence-electron chi connectivity index (χ3n) is 2.81. The van der Waals surface area contributed by atoms with Crippen LogP contribution in [0.5, 0.6) is 0 Å². The summed E-state index contributed by atoms with van der Waals surface area (Å²) in [6.45, 7) is 7.65. The van der Waals surface area contributed by atoms with Gasteiger partial charge < -0.3 is 9.73 Å². The van der Waals surface area contributed by atoms with Gasteiger partial charge in [0.05, 0.1) is 10.7 Å². The Kier molecular flexibility index (Phi) is 4.91. The van der Waals surface area contributed by atoms with Gasteiger partial charge in [-0.1, -0.05) is 30.7 Å². The molecule has 1 heterocycles. The zero-order chi connectivity index (χ0) is 13.8. The van der Waals surface area contributed by atoms with Gasteiger partial charge in [0.2, 0.25) is 0 Å². The highest BCUT2D eigenvalue weighted by Crippen LogP contribution is 2.36. The molecule has 5 heteroatoms. The lowest BCUT2D eigenvalue weighted by molar-refractivity contribution is 0.431. The Morgan fingerprint density at radius 1 is 1.37 bits per heavy atom. The van der Waals surface area contributed by atoms with Crippen LogP contribution < -0.4 is 5.32 Å². The van der Waals surface area contributed by atoms with Crippen molar-refractivity contribution in [2.75, 3.05) is 6.54 Å². The zero-order valence-electron chi connectivity index (χ0n) is 11.3. The molecule has 0 saturated carbocycles. The molecule has 0 aliphatic heterocycles. The number of hydrogen-bond acceptors (Lipinski definition) is 4. The van der Waals surface area contributed by atoms with E-state index in [2.05, 4.69) is 23.3 Å². The summed E-state index contributed by atoms with van der Waals surface area (Å²) in [5, 5.41) is 4.68. The number of benzene rings is 1. The van der Waals surface area contributed by atoms with E-state index in [0.717, 1.165) is 40.0 Å². The average Bonchev–Trinajstić information content (AvgIpc) is 2.69. The van der Waals surface area contributed by atoms with Crippen LogP contribution in [-0.4, -0.2) is 11.5 Å². The lowest BCUT2D eigenvalue weighted by Gasteiger charge is -2.09. The van der Waals surface area contributed by atoms with E-state index >= 15 is 0 Å². The summed E-state index contributed by atoms with van der Waals surface area (Å²) in [5.41, 5.74) is 2.08. The standard InChI is InChI=1S/C14H17ClN2OS/c1-4-16-8-11-6-5-7-12(15)13(11)19-14-17-9(2)10(3)18-14/h5-7,16H,4,8H2,1-3H3. The van der Waals surface area contributed by atoms with Crippen molar-refractivity contribution in [3.8, 4) is 0 Å². The van der Waals surface area contributed by atoms with Crippen molar-refractivity contribution in [3.63, 3.8) is 0 Å². The highest BCUT2D eigenvalue weighted by molar-refractivity contribution is 7.99. The van der Waals surface area contributed by atoms with Gasteiger partial charge in [-0.05, 0) is 43.8 Å². The maximum absolute atomic E-state index is 6.29. The molecule has 0 unspecified atom stereocenters. The second-order valence-corrected chi connectivity index (χ2v) is 5.60. The SMILES string of the molecule is CCNCc1cccc(Cl)c1Sc1nc(C)c(C)o1. The first kappa shape index (κ1) is 14.4. The van der Waals surface area contributed by atoms with Gasteiger partial charge in [0, 0.05) is 11.4 Å². The molecule has 3 nitrogen and oxygen atoms in total. The van der Waals surface area contributed by atoms with Gasteiger partial charge in [0.1, 0.15) is 5.76 Å². The summed E-state index contributed by atoms with van der Waals surface area (Å²) >= 11 is 7.76. The van der Waals surface area contributed by atoms with E-state index in [1.54, 1.807) is 0 Å². The van der Waals surface area contributed by atoms with Crippen molar-refractivity contribution >= 4 is 23.4 Å². The van der Waals surface area contributed by atoms with Gasteiger partial charge in [-0.15, -0.1) is 0 Å². The van der Waals surface area contributed by atoms with Crippen molar-refractivity contribution in [1.29, 1.82) is 0 Å². The molecule has 0 aliphatic carbocycles. The number of hydrogen-bond donors (Lipinski definition) is 1. The maximum Gasteiger partial charge on any atom is 0.261 e. The fourth-order valence-electron chi connectivity index (χ4n) is 1.64. The molecular formula is C14H17ClN2OS. The number of halogens is 1. The normalized spacial score (nSPS) is 10.9. The molecule has 0 fully saturated rings. The third-order valence-corrected chi connectivity index (χ3v) is 4.27. The highest BCUT2D eigenvalue weighted by Gasteiger charge is 2.13. The second kappa shape index (κ2) is 6.46. The number of nitrogens with one attached hydrogen (secondary N) is 1. The smallest absolute Gasteiger partial charge is 0.261 e. The highest BCUT2D eigenvalue weighted by atomic mass is 35.5.